The third-order valence-corrected chi connectivity index (χ3v) is 1.84. The number of benzene rings is 1. The number of aryl methyl sites for hydroxylation is 1. The Bertz CT molecular complexity index is 426. The van der Waals surface area contributed by atoms with Crippen LogP contribution in [0.1, 0.15) is 25.0 Å². The molecular formula is C10H17NO4S. The van der Waals surface area contributed by atoms with Gasteiger partial charge in [-0.1, -0.05) is 24.3 Å². The van der Waals surface area contributed by atoms with Gasteiger partial charge in [-0.15, -0.1) is 0 Å². The fourth-order valence-corrected chi connectivity index (χ4v) is 1.30. The highest BCUT2D eigenvalue weighted by Gasteiger charge is 2.14. The third kappa shape index (κ3) is 7.36. The molecule has 0 amide bonds. The van der Waals surface area contributed by atoms with Crippen LogP contribution < -0.4 is 5.73 Å². The average Bonchev–Trinajstić information content (AvgIpc) is 1.99. The first-order chi connectivity index (χ1) is 7.02. The summed E-state index contributed by atoms with van der Waals surface area (Å²) >= 11 is 0. The van der Waals surface area contributed by atoms with E-state index in [1.165, 1.54) is 11.1 Å². The van der Waals surface area contributed by atoms with E-state index in [0.29, 0.717) is 0 Å². The highest BCUT2D eigenvalue weighted by Crippen LogP contribution is 2.19. The number of hydrogen-bond donors (Lipinski definition) is 3. The maximum atomic E-state index is 8.74. The maximum absolute atomic E-state index is 8.74. The molecule has 0 aliphatic heterocycles. The molecule has 0 radical (unpaired) electrons. The smallest absolute Gasteiger partial charge is 0.322 e. The summed E-state index contributed by atoms with van der Waals surface area (Å²) in [5.74, 6) is 0. The third-order valence-electron chi connectivity index (χ3n) is 1.84. The van der Waals surface area contributed by atoms with Gasteiger partial charge in [0.25, 0.3) is 0 Å². The lowest BCUT2D eigenvalue weighted by atomic mass is 9.92. The van der Waals surface area contributed by atoms with Crippen molar-refractivity contribution in [3.8, 4) is 0 Å². The molecule has 92 valence electrons. The van der Waals surface area contributed by atoms with Crippen LogP contribution in [-0.4, -0.2) is 17.5 Å². The first-order valence-corrected chi connectivity index (χ1v) is 5.96. The van der Waals surface area contributed by atoms with Crippen molar-refractivity contribution in [3.05, 3.63) is 35.4 Å². The van der Waals surface area contributed by atoms with Gasteiger partial charge in [0.15, 0.2) is 0 Å². The van der Waals surface area contributed by atoms with Crippen LogP contribution in [0.3, 0.4) is 0 Å². The van der Waals surface area contributed by atoms with E-state index in [1.54, 1.807) is 0 Å². The molecule has 0 heterocycles. The zero-order valence-corrected chi connectivity index (χ0v) is 10.3. The quantitative estimate of drug-likeness (QED) is 0.653. The molecule has 0 saturated carbocycles. The van der Waals surface area contributed by atoms with E-state index in [9.17, 15) is 0 Å². The fraction of sp³-hybridized carbons (Fsp3) is 0.400. The summed E-state index contributed by atoms with van der Waals surface area (Å²) < 4.78 is 31.6. The van der Waals surface area contributed by atoms with Crippen molar-refractivity contribution >= 4 is 10.4 Å². The van der Waals surface area contributed by atoms with Crippen LogP contribution in [0.25, 0.3) is 0 Å². The first-order valence-electron chi connectivity index (χ1n) is 4.56. The van der Waals surface area contributed by atoms with Crippen molar-refractivity contribution in [2.75, 3.05) is 0 Å². The summed E-state index contributed by atoms with van der Waals surface area (Å²) in [6, 6.07) is 8.22. The van der Waals surface area contributed by atoms with E-state index in [1.807, 2.05) is 26.0 Å². The van der Waals surface area contributed by atoms with Crippen molar-refractivity contribution in [2.45, 2.75) is 26.3 Å². The molecule has 0 aliphatic carbocycles. The van der Waals surface area contributed by atoms with Gasteiger partial charge in [0, 0.05) is 5.54 Å². The van der Waals surface area contributed by atoms with Gasteiger partial charge in [-0.2, -0.15) is 8.42 Å². The van der Waals surface area contributed by atoms with Gasteiger partial charge >= 0.3 is 10.4 Å². The van der Waals surface area contributed by atoms with Crippen LogP contribution in [0.15, 0.2) is 24.3 Å². The number of hydrogen-bond acceptors (Lipinski definition) is 3. The van der Waals surface area contributed by atoms with Crippen LogP contribution >= 0.6 is 0 Å². The standard InChI is InChI=1S/C10H15N.H2O4S/c1-8-6-4-5-7-9(8)10(2,3)11;1-5(2,3)4/h4-7H,11H2,1-3H3;(H2,1,2,3,4). The molecule has 0 fully saturated rings. The second-order valence-electron chi connectivity index (χ2n) is 3.98. The van der Waals surface area contributed by atoms with Crippen molar-refractivity contribution in [1.29, 1.82) is 0 Å². The maximum Gasteiger partial charge on any atom is 0.394 e. The van der Waals surface area contributed by atoms with Gasteiger partial charge in [-0.05, 0) is 31.9 Å². The van der Waals surface area contributed by atoms with Crippen molar-refractivity contribution in [2.24, 2.45) is 5.73 Å². The molecule has 0 spiro atoms. The van der Waals surface area contributed by atoms with Crippen LogP contribution in [-0.2, 0) is 15.9 Å². The Morgan fingerprint density at radius 3 is 1.81 bits per heavy atom. The molecule has 1 rings (SSSR count). The van der Waals surface area contributed by atoms with Gasteiger partial charge in [-0.25, -0.2) is 0 Å². The van der Waals surface area contributed by atoms with Gasteiger partial charge < -0.3 is 5.73 Å². The monoisotopic (exact) mass is 247 g/mol. The molecule has 1 aromatic carbocycles. The normalized spacial score (nSPS) is 11.6. The molecule has 1 aromatic rings. The topological polar surface area (TPSA) is 101 Å². The minimum absolute atomic E-state index is 0.217. The number of rotatable bonds is 1. The summed E-state index contributed by atoms with van der Waals surface area (Å²) in [5, 5.41) is 0. The van der Waals surface area contributed by atoms with E-state index in [0.717, 1.165) is 0 Å². The van der Waals surface area contributed by atoms with Gasteiger partial charge in [0.05, 0.1) is 0 Å². The van der Waals surface area contributed by atoms with Crippen LogP contribution in [0, 0.1) is 6.92 Å². The highest BCUT2D eigenvalue weighted by molar-refractivity contribution is 7.79. The van der Waals surface area contributed by atoms with E-state index < -0.39 is 10.4 Å². The van der Waals surface area contributed by atoms with Gasteiger partial charge in [-0.3, -0.25) is 9.11 Å². The minimum Gasteiger partial charge on any atom is -0.322 e. The lowest BCUT2D eigenvalue weighted by molar-refractivity contribution is 0.381. The van der Waals surface area contributed by atoms with Crippen LogP contribution in [0.5, 0.6) is 0 Å². The molecule has 0 saturated heterocycles. The van der Waals surface area contributed by atoms with E-state index in [4.69, 9.17) is 23.3 Å². The Labute approximate surface area is 95.9 Å². The molecule has 0 bridgehead atoms. The van der Waals surface area contributed by atoms with E-state index in [-0.39, 0.29) is 5.54 Å². The molecule has 4 N–H and O–H groups in total. The lowest BCUT2D eigenvalue weighted by Crippen LogP contribution is -2.29. The van der Waals surface area contributed by atoms with Crippen molar-refractivity contribution < 1.29 is 17.5 Å². The molecule has 0 unspecified atom stereocenters. The Kier molecular flexibility index (Phi) is 5.08. The van der Waals surface area contributed by atoms with Crippen molar-refractivity contribution in [1.82, 2.24) is 0 Å². The van der Waals surface area contributed by atoms with Crippen LogP contribution in [0.2, 0.25) is 0 Å². The molecule has 0 atom stereocenters. The Morgan fingerprint density at radius 1 is 1.19 bits per heavy atom. The van der Waals surface area contributed by atoms with Gasteiger partial charge in [0.1, 0.15) is 0 Å². The predicted molar refractivity (Wildman–Crippen MR) is 62.6 cm³/mol. The van der Waals surface area contributed by atoms with E-state index in [2.05, 4.69) is 19.1 Å². The largest absolute Gasteiger partial charge is 0.394 e. The SMILES string of the molecule is Cc1ccccc1C(C)(C)N.O=S(=O)(O)O. The molecule has 6 heteroatoms. The summed E-state index contributed by atoms with van der Waals surface area (Å²) in [6.45, 7) is 6.13. The molecular weight excluding hydrogens is 230 g/mol. The summed E-state index contributed by atoms with van der Waals surface area (Å²) in [7, 11) is -4.67. The molecule has 0 aliphatic rings. The fourth-order valence-electron chi connectivity index (χ4n) is 1.30. The summed E-state index contributed by atoms with van der Waals surface area (Å²) in [5.41, 5.74) is 8.23. The van der Waals surface area contributed by atoms with Gasteiger partial charge in [0.2, 0.25) is 0 Å². The van der Waals surface area contributed by atoms with Crippen LogP contribution in [0.4, 0.5) is 0 Å². The number of nitrogens with two attached hydrogens (primary N) is 1. The second kappa shape index (κ2) is 5.40. The van der Waals surface area contributed by atoms with Crippen molar-refractivity contribution in [3.63, 3.8) is 0 Å². The van der Waals surface area contributed by atoms with E-state index >= 15 is 0 Å². The Hall–Kier alpha value is -0.950. The lowest BCUT2D eigenvalue weighted by Gasteiger charge is -2.21. The molecule has 5 nitrogen and oxygen atoms in total. The Morgan fingerprint density at radius 2 is 1.56 bits per heavy atom. The highest BCUT2D eigenvalue weighted by atomic mass is 32.3. The zero-order chi connectivity index (χ0) is 13.0. The Balaban J connectivity index is 0.000000385. The second-order valence-corrected chi connectivity index (χ2v) is 4.88. The zero-order valence-electron chi connectivity index (χ0n) is 9.51. The summed E-state index contributed by atoms with van der Waals surface area (Å²) in [6.07, 6.45) is 0. The average molecular weight is 247 g/mol. The summed E-state index contributed by atoms with van der Waals surface area (Å²) in [4.78, 5) is 0. The molecule has 16 heavy (non-hydrogen) atoms. The minimum atomic E-state index is -4.67. The molecule has 0 aromatic heterocycles. The predicted octanol–water partition coefficient (Wildman–Crippen LogP) is 1.54. The first kappa shape index (κ1) is 15.0.